The van der Waals surface area contributed by atoms with Gasteiger partial charge in [-0.3, -0.25) is 9.69 Å². The van der Waals surface area contributed by atoms with E-state index in [4.69, 9.17) is 11.6 Å². The van der Waals surface area contributed by atoms with Gasteiger partial charge in [0.15, 0.2) is 5.54 Å². The van der Waals surface area contributed by atoms with E-state index in [0.717, 1.165) is 27.8 Å². The Morgan fingerprint density at radius 3 is 2.31 bits per heavy atom. The molecule has 0 spiro atoms. The van der Waals surface area contributed by atoms with E-state index in [0.29, 0.717) is 5.02 Å². The van der Waals surface area contributed by atoms with E-state index in [9.17, 15) is 9.59 Å². The number of halogens is 1. The quantitative estimate of drug-likeness (QED) is 0.625. The number of carbonyl (C=O) groups is 2. The summed E-state index contributed by atoms with van der Waals surface area (Å²) >= 11 is 6.08. The first-order valence-electron chi connectivity index (χ1n) is 9.43. The number of aryl methyl sites for hydroxylation is 2. The zero-order chi connectivity index (χ0) is 20.6. The molecule has 0 radical (unpaired) electrons. The van der Waals surface area contributed by atoms with Gasteiger partial charge in [0.1, 0.15) is 0 Å². The molecule has 0 bridgehead atoms. The Kier molecular flexibility index (Phi) is 4.89. The summed E-state index contributed by atoms with van der Waals surface area (Å²) in [5.74, 6) is -0.295. The molecular formula is C24H21ClN2O2. The van der Waals surface area contributed by atoms with Crippen LogP contribution in [0.1, 0.15) is 27.8 Å². The van der Waals surface area contributed by atoms with Crippen LogP contribution in [0, 0.1) is 13.8 Å². The van der Waals surface area contributed by atoms with Crippen LogP contribution >= 0.6 is 11.6 Å². The average molecular weight is 405 g/mol. The number of hydrogen-bond donors (Lipinski definition) is 1. The highest BCUT2D eigenvalue weighted by Gasteiger charge is 2.53. The van der Waals surface area contributed by atoms with E-state index < -0.39 is 11.6 Å². The smallest absolute Gasteiger partial charge is 0.315 e. The van der Waals surface area contributed by atoms with Gasteiger partial charge in [-0.15, -0.1) is 0 Å². The second-order valence-electron chi connectivity index (χ2n) is 7.37. The molecule has 1 unspecified atom stereocenters. The molecule has 1 fully saturated rings. The molecule has 0 aromatic heterocycles. The lowest BCUT2D eigenvalue weighted by atomic mass is 9.81. The Balaban J connectivity index is 1.82. The number of benzene rings is 3. The van der Waals surface area contributed by atoms with Crippen molar-refractivity contribution in [2.75, 3.05) is 0 Å². The molecule has 4 rings (SSSR count). The van der Waals surface area contributed by atoms with Crippen LogP contribution in [0.3, 0.4) is 0 Å². The molecule has 3 amide bonds. The van der Waals surface area contributed by atoms with Gasteiger partial charge in [0.25, 0.3) is 5.91 Å². The van der Waals surface area contributed by atoms with Crippen LogP contribution in [-0.2, 0) is 16.9 Å². The van der Waals surface area contributed by atoms with Crippen molar-refractivity contribution >= 4 is 23.5 Å². The maximum absolute atomic E-state index is 13.7. The van der Waals surface area contributed by atoms with Crippen LogP contribution in [0.2, 0.25) is 5.02 Å². The first kappa shape index (κ1) is 19.2. The molecule has 0 aliphatic carbocycles. The Labute approximate surface area is 175 Å². The van der Waals surface area contributed by atoms with E-state index in [1.165, 1.54) is 4.90 Å². The predicted molar refractivity (Wildman–Crippen MR) is 114 cm³/mol. The number of imide groups is 1. The summed E-state index contributed by atoms with van der Waals surface area (Å²) < 4.78 is 0. The second kappa shape index (κ2) is 7.37. The summed E-state index contributed by atoms with van der Waals surface area (Å²) in [4.78, 5) is 27.9. The molecule has 4 nitrogen and oxygen atoms in total. The minimum atomic E-state index is -1.25. The summed E-state index contributed by atoms with van der Waals surface area (Å²) in [5, 5.41) is 3.55. The van der Waals surface area contributed by atoms with Crippen molar-refractivity contribution in [1.29, 1.82) is 0 Å². The number of hydrogen-bond acceptors (Lipinski definition) is 2. The molecule has 1 saturated heterocycles. The standard InChI is InChI=1S/C24H21ClN2O2/c1-16-11-12-20(13-17(16)2)24(19-8-4-3-5-9-19)22(28)27(23(29)26-24)15-18-7-6-10-21(25)14-18/h3-14H,15H2,1-2H3,(H,26,29). The number of nitrogens with one attached hydrogen (secondary N) is 1. The fourth-order valence-electron chi connectivity index (χ4n) is 3.76. The molecule has 1 heterocycles. The number of amides is 3. The Morgan fingerprint density at radius 1 is 0.862 bits per heavy atom. The summed E-state index contributed by atoms with van der Waals surface area (Å²) in [6.07, 6.45) is 0. The minimum Gasteiger partial charge on any atom is -0.315 e. The summed E-state index contributed by atoms with van der Waals surface area (Å²) in [7, 11) is 0. The normalized spacial score (nSPS) is 18.8. The first-order valence-corrected chi connectivity index (χ1v) is 9.81. The Bertz CT molecular complexity index is 1100. The highest BCUT2D eigenvalue weighted by molar-refractivity contribution is 6.30. The largest absolute Gasteiger partial charge is 0.325 e. The predicted octanol–water partition coefficient (Wildman–Crippen LogP) is 4.95. The highest BCUT2D eigenvalue weighted by Crippen LogP contribution is 2.37. The van der Waals surface area contributed by atoms with Crippen molar-refractivity contribution in [3.05, 3.63) is 106 Å². The van der Waals surface area contributed by atoms with Gasteiger partial charge in [0, 0.05) is 5.02 Å². The molecule has 1 aliphatic rings. The van der Waals surface area contributed by atoms with Crippen LogP contribution in [0.4, 0.5) is 4.79 Å². The van der Waals surface area contributed by atoms with E-state index >= 15 is 0 Å². The van der Waals surface area contributed by atoms with Gasteiger partial charge in [-0.25, -0.2) is 4.79 Å². The van der Waals surface area contributed by atoms with Crippen molar-refractivity contribution in [1.82, 2.24) is 10.2 Å². The molecule has 1 N–H and O–H groups in total. The Hall–Kier alpha value is -3.11. The lowest BCUT2D eigenvalue weighted by Gasteiger charge is -2.28. The lowest BCUT2D eigenvalue weighted by molar-refractivity contribution is -0.130. The van der Waals surface area contributed by atoms with Gasteiger partial charge >= 0.3 is 6.03 Å². The Morgan fingerprint density at radius 2 is 1.62 bits per heavy atom. The highest BCUT2D eigenvalue weighted by atomic mass is 35.5. The SMILES string of the molecule is Cc1ccc(C2(c3ccccc3)NC(=O)N(Cc3cccc(Cl)c3)C2=O)cc1C. The summed E-state index contributed by atoms with van der Waals surface area (Å²) in [6.45, 7) is 4.18. The molecule has 3 aromatic carbocycles. The fraction of sp³-hybridized carbons (Fsp3) is 0.167. The molecule has 1 atom stereocenters. The lowest BCUT2D eigenvalue weighted by Crippen LogP contribution is -2.45. The zero-order valence-corrected chi connectivity index (χ0v) is 17.0. The van der Waals surface area contributed by atoms with Gasteiger partial charge in [-0.05, 0) is 53.8 Å². The van der Waals surface area contributed by atoms with E-state index in [-0.39, 0.29) is 12.5 Å². The topological polar surface area (TPSA) is 49.4 Å². The molecule has 5 heteroatoms. The van der Waals surface area contributed by atoms with Gasteiger partial charge in [-0.2, -0.15) is 0 Å². The third-order valence-corrected chi connectivity index (χ3v) is 5.72. The molecule has 146 valence electrons. The van der Waals surface area contributed by atoms with Crippen LogP contribution in [0.25, 0.3) is 0 Å². The molecular weight excluding hydrogens is 384 g/mol. The van der Waals surface area contributed by atoms with Crippen molar-refractivity contribution in [2.24, 2.45) is 0 Å². The van der Waals surface area contributed by atoms with Crippen LogP contribution in [0.15, 0.2) is 72.8 Å². The van der Waals surface area contributed by atoms with Gasteiger partial charge < -0.3 is 5.32 Å². The molecule has 3 aromatic rings. The third-order valence-electron chi connectivity index (χ3n) is 5.48. The maximum Gasteiger partial charge on any atom is 0.325 e. The molecule has 0 saturated carbocycles. The van der Waals surface area contributed by atoms with Crippen molar-refractivity contribution < 1.29 is 9.59 Å². The van der Waals surface area contributed by atoms with Crippen molar-refractivity contribution in [2.45, 2.75) is 25.9 Å². The van der Waals surface area contributed by atoms with Gasteiger partial charge in [-0.1, -0.05) is 72.3 Å². The molecule has 29 heavy (non-hydrogen) atoms. The van der Waals surface area contributed by atoms with E-state index in [2.05, 4.69) is 5.32 Å². The average Bonchev–Trinajstić information content (AvgIpc) is 2.96. The van der Waals surface area contributed by atoms with Crippen LogP contribution in [-0.4, -0.2) is 16.8 Å². The van der Waals surface area contributed by atoms with Gasteiger partial charge in [0.2, 0.25) is 0 Å². The van der Waals surface area contributed by atoms with Crippen molar-refractivity contribution in [3.8, 4) is 0 Å². The first-order chi connectivity index (χ1) is 13.9. The zero-order valence-electron chi connectivity index (χ0n) is 16.3. The second-order valence-corrected chi connectivity index (χ2v) is 7.80. The molecule has 1 aliphatic heterocycles. The fourth-order valence-corrected chi connectivity index (χ4v) is 3.97. The monoisotopic (exact) mass is 404 g/mol. The number of urea groups is 1. The third kappa shape index (κ3) is 3.30. The van der Waals surface area contributed by atoms with Crippen molar-refractivity contribution in [3.63, 3.8) is 0 Å². The summed E-state index contributed by atoms with van der Waals surface area (Å²) in [6, 6.07) is 22.0. The minimum absolute atomic E-state index is 0.157. The van der Waals surface area contributed by atoms with Gasteiger partial charge in [0.05, 0.1) is 6.54 Å². The maximum atomic E-state index is 13.7. The van der Waals surface area contributed by atoms with Crippen LogP contribution < -0.4 is 5.32 Å². The number of nitrogens with zero attached hydrogens (tertiary/aromatic N) is 1. The van der Waals surface area contributed by atoms with E-state index in [1.54, 1.807) is 12.1 Å². The van der Waals surface area contributed by atoms with Crippen LogP contribution in [0.5, 0.6) is 0 Å². The summed E-state index contributed by atoms with van der Waals surface area (Å²) in [5.41, 5.74) is 3.21. The number of rotatable bonds is 4. The van der Waals surface area contributed by atoms with E-state index in [1.807, 2.05) is 74.5 Å². The number of carbonyl (C=O) groups excluding carboxylic acids is 2.